The average molecular weight is 348 g/mol. The molecule has 1 rings (SSSR count). The van der Waals surface area contributed by atoms with Gasteiger partial charge in [0, 0.05) is 17.6 Å². The van der Waals surface area contributed by atoms with Crippen LogP contribution in [0.4, 0.5) is 0 Å². The van der Waals surface area contributed by atoms with Crippen LogP contribution in [0, 0.1) is 0 Å². The van der Waals surface area contributed by atoms with E-state index in [2.05, 4.69) is 21.2 Å². The van der Waals surface area contributed by atoms with E-state index in [1.165, 1.54) is 0 Å². The molecule has 0 aliphatic heterocycles. The summed E-state index contributed by atoms with van der Waals surface area (Å²) in [5.41, 5.74) is 1.09. The highest BCUT2D eigenvalue weighted by molar-refractivity contribution is 9.10. The molecule has 0 bridgehead atoms. The summed E-state index contributed by atoms with van der Waals surface area (Å²) >= 11 is 3.53. The van der Waals surface area contributed by atoms with E-state index in [0.29, 0.717) is 32.1 Å². The van der Waals surface area contributed by atoms with E-state index >= 15 is 0 Å². The van der Waals surface area contributed by atoms with Crippen LogP contribution in [0.15, 0.2) is 16.6 Å². The van der Waals surface area contributed by atoms with Gasteiger partial charge in [-0.15, -0.1) is 0 Å². The first-order valence-electron chi connectivity index (χ1n) is 6.61. The molecule has 2 N–H and O–H groups in total. The van der Waals surface area contributed by atoms with Crippen molar-refractivity contribution in [1.29, 1.82) is 0 Å². The fourth-order valence-electron chi connectivity index (χ4n) is 1.67. The third-order valence-electron chi connectivity index (χ3n) is 2.61. The van der Waals surface area contributed by atoms with Crippen LogP contribution in [-0.4, -0.2) is 45.2 Å². The summed E-state index contributed by atoms with van der Waals surface area (Å²) in [7, 11) is 1.63. The van der Waals surface area contributed by atoms with Gasteiger partial charge in [0.05, 0.1) is 33.5 Å². The lowest BCUT2D eigenvalue weighted by molar-refractivity contribution is 0.0938. The van der Waals surface area contributed by atoms with Crippen molar-refractivity contribution in [2.24, 2.45) is 0 Å². The van der Waals surface area contributed by atoms with Crippen LogP contribution in [0.2, 0.25) is 0 Å². The van der Waals surface area contributed by atoms with Gasteiger partial charge in [0.15, 0.2) is 11.5 Å². The fourth-order valence-corrected chi connectivity index (χ4v) is 2.14. The van der Waals surface area contributed by atoms with Crippen molar-refractivity contribution < 1.29 is 19.3 Å². The van der Waals surface area contributed by atoms with Gasteiger partial charge in [-0.2, -0.15) is 0 Å². The maximum Gasteiger partial charge on any atom is 0.161 e. The Balaban J connectivity index is 2.54. The standard InChI is InChI=1S/C14H22BrNO4/c1-3-20-14-8-11(12(15)9-13(14)18-2)10-16-4-6-19-7-5-17/h8-9,16-17H,3-7,10H2,1-2H3. The van der Waals surface area contributed by atoms with Gasteiger partial charge in [-0.3, -0.25) is 0 Å². The maximum absolute atomic E-state index is 8.59. The molecule has 5 nitrogen and oxygen atoms in total. The third-order valence-corrected chi connectivity index (χ3v) is 3.34. The summed E-state index contributed by atoms with van der Waals surface area (Å²) in [5.74, 6) is 1.46. The van der Waals surface area contributed by atoms with Gasteiger partial charge in [0.2, 0.25) is 0 Å². The predicted octanol–water partition coefficient (Wildman–Crippen LogP) is 1.95. The Kier molecular flexibility index (Phi) is 8.60. The molecule has 0 radical (unpaired) electrons. The van der Waals surface area contributed by atoms with Gasteiger partial charge in [-0.25, -0.2) is 0 Å². The molecule has 6 heteroatoms. The second kappa shape index (κ2) is 9.99. The normalized spacial score (nSPS) is 10.6. The molecule has 0 atom stereocenters. The molecule has 0 unspecified atom stereocenters. The summed E-state index contributed by atoms with van der Waals surface area (Å²) in [6.07, 6.45) is 0. The topological polar surface area (TPSA) is 60.0 Å². The number of aliphatic hydroxyl groups excluding tert-OH is 1. The van der Waals surface area contributed by atoms with Crippen molar-refractivity contribution in [2.45, 2.75) is 13.5 Å². The zero-order chi connectivity index (χ0) is 14.8. The number of rotatable bonds is 10. The molecule has 0 aromatic heterocycles. The molecule has 0 amide bonds. The van der Waals surface area contributed by atoms with Crippen LogP contribution in [0.5, 0.6) is 11.5 Å². The number of nitrogens with one attached hydrogen (secondary N) is 1. The summed E-state index contributed by atoms with van der Waals surface area (Å²) in [5, 5.41) is 11.9. The molecule has 0 fully saturated rings. The fraction of sp³-hybridized carbons (Fsp3) is 0.571. The Morgan fingerprint density at radius 2 is 2.05 bits per heavy atom. The van der Waals surface area contributed by atoms with E-state index in [1.54, 1.807) is 7.11 Å². The van der Waals surface area contributed by atoms with E-state index in [9.17, 15) is 0 Å². The average Bonchev–Trinajstić information content (AvgIpc) is 2.45. The molecule has 1 aromatic carbocycles. The van der Waals surface area contributed by atoms with Crippen molar-refractivity contribution >= 4 is 15.9 Å². The van der Waals surface area contributed by atoms with Gasteiger partial charge < -0.3 is 24.6 Å². The van der Waals surface area contributed by atoms with Crippen molar-refractivity contribution in [3.05, 3.63) is 22.2 Å². The van der Waals surface area contributed by atoms with Gasteiger partial charge in [0.25, 0.3) is 0 Å². The molecule has 0 aliphatic carbocycles. The quantitative estimate of drug-likeness (QED) is 0.633. The van der Waals surface area contributed by atoms with Gasteiger partial charge in [-0.1, -0.05) is 15.9 Å². The summed E-state index contributed by atoms with van der Waals surface area (Å²) in [4.78, 5) is 0. The van der Waals surface area contributed by atoms with Gasteiger partial charge in [-0.05, 0) is 24.6 Å². The molecule has 114 valence electrons. The SMILES string of the molecule is CCOc1cc(CNCCOCCO)c(Br)cc1OC. The third kappa shape index (κ3) is 5.66. The highest BCUT2D eigenvalue weighted by Crippen LogP contribution is 2.33. The monoisotopic (exact) mass is 347 g/mol. The van der Waals surface area contributed by atoms with E-state index < -0.39 is 0 Å². The molecule has 0 spiro atoms. The lowest BCUT2D eigenvalue weighted by Gasteiger charge is -2.13. The maximum atomic E-state index is 8.59. The number of hydrogen-bond donors (Lipinski definition) is 2. The van der Waals surface area contributed by atoms with E-state index in [-0.39, 0.29) is 6.61 Å². The summed E-state index contributed by atoms with van der Waals surface area (Å²) < 4.78 is 17.0. The number of aliphatic hydroxyl groups is 1. The zero-order valence-electron chi connectivity index (χ0n) is 11.9. The highest BCUT2D eigenvalue weighted by atomic mass is 79.9. The number of hydrogen-bond acceptors (Lipinski definition) is 5. The lowest BCUT2D eigenvalue weighted by atomic mass is 10.2. The van der Waals surface area contributed by atoms with Gasteiger partial charge in [0.1, 0.15) is 0 Å². The van der Waals surface area contributed by atoms with Crippen LogP contribution in [-0.2, 0) is 11.3 Å². The Hall–Kier alpha value is -0.820. The molecule has 0 saturated heterocycles. The molecular formula is C14H22BrNO4. The number of halogens is 1. The van der Waals surface area contributed by atoms with Crippen LogP contribution >= 0.6 is 15.9 Å². The van der Waals surface area contributed by atoms with Crippen molar-refractivity contribution in [1.82, 2.24) is 5.32 Å². The molecule has 0 saturated carbocycles. The van der Waals surface area contributed by atoms with Crippen LogP contribution in [0.3, 0.4) is 0 Å². The first-order chi connectivity index (χ1) is 9.72. The van der Waals surface area contributed by atoms with Crippen LogP contribution in [0.1, 0.15) is 12.5 Å². The Bertz CT molecular complexity index is 401. The van der Waals surface area contributed by atoms with Crippen LogP contribution < -0.4 is 14.8 Å². The number of benzene rings is 1. The largest absolute Gasteiger partial charge is 0.493 e. The Labute approximate surface area is 128 Å². The first-order valence-corrected chi connectivity index (χ1v) is 7.40. The highest BCUT2D eigenvalue weighted by Gasteiger charge is 2.09. The molecule has 0 heterocycles. The van der Waals surface area contributed by atoms with Crippen LogP contribution in [0.25, 0.3) is 0 Å². The minimum absolute atomic E-state index is 0.0573. The number of methoxy groups -OCH3 is 1. The molecule has 20 heavy (non-hydrogen) atoms. The van der Waals surface area contributed by atoms with E-state index in [0.717, 1.165) is 22.3 Å². The van der Waals surface area contributed by atoms with Gasteiger partial charge >= 0.3 is 0 Å². The molecule has 1 aromatic rings. The van der Waals surface area contributed by atoms with E-state index in [1.807, 2.05) is 19.1 Å². The van der Waals surface area contributed by atoms with Crippen molar-refractivity contribution in [3.8, 4) is 11.5 Å². The molecular weight excluding hydrogens is 326 g/mol. The number of ether oxygens (including phenoxy) is 3. The van der Waals surface area contributed by atoms with Crippen molar-refractivity contribution in [2.75, 3.05) is 40.1 Å². The second-order valence-electron chi connectivity index (χ2n) is 4.04. The van der Waals surface area contributed by atoms with E-state index in [4.69, 9.17) is 19.3 Å². The minimum Gasteiger partial charge on any atom is -0.493 e. The smallest absolute Gasteiger partial charge is 0.161 e. The lowest BCUT2D eigenvalue weighted by Crippen LogP contribution is -2.20. The minimum atomic E-state index is 0.0573. The first kappa shape index (κ1) is 17.2. The second-order valence-corrected chi connectivity index (χ2v) is 4.89. The predicted molar refractivity (Wildman–Crippen MR) is 81.5 cm³/mol. The summed E-state index contributed by atoms with van der Waals surface area (Å²) in [6, 6.07) is 3.87. The Morgan fingerprint density at radius 1 is 1.25 bits per heavy atom. The van der Waals surface area contributed by atoms with Crippen molar-refractivity contribution in [3.63, 3.8) is 0 Å². The Morgan fingerprint density at radius 3 is 2.70 bits per heavy atom. The zero-order valence-corrected chi connectivity index (χ0v) is 13.5. The molecule has 0 aliphatic rings. The summed E-state index contributed by atoms with van der Waals surface area (Å²) in [6.45, 7) is 4.98.